The molecule has 1 atom stereocenters. The summed E-state index contributed by atoms with van der Waals surface area (Å²) >= 11 is 0. The molecule has 0 aromatic carbocycles. The fourth-order valence-electron chi connectivity index (χ4n) is 2.00. The Morgan fingerprint density at radius 3 is 2.38 bits per heavy atom. The van der Waals surface area contributed by atoms with Crippen molar-refractivity contribution in [3.8, 4) is 0 Å². The molecule has 0 spiro atoms. The lowest BCUT2D eigenvalue weighted by Crippen LogP contribution is -2.52. The highest BCUT2D eigenvalue weighted by atomic mass is 16.2. The van der Waals surface area contributed by atoms with Gasteiger partial charge in [0.2, 0.25) is 11.8 Å². The van der Waals surface area contributed by atoms with Gasteiger partial charge in [-0.3, -0.25) is 24.6 Å². The maximum absolute atomic E-state index is 11.9. The number of nitrogens with one attached hydrogen (secondary N) is 1. The smallest absolute Gasteiger partial charge is 0.259 e. The monoisotopic (exact) mass is 290 g/mol. The number of amides is 3. The lowest BCUT2D eigenvalue weighted by molar-refractivity contribution is -0.141. The first kappa shape index (κ1) is 16.9. The van der Waals surface area contributed by atoms with Crippen molar-refractivity contribution in [3.05, 3.63) is 36.6 Å². The molecule has 2 rings (SSSR count). The zero-order chi connectivity index (χ0) is 16.0. The second kappa shape index (κ2) is 7.57. The molecule has 21 heavy (non-hydrogen) atoms. The van der Waals surface area contributed by atoms with Crippen LogP contribution in [0.5, 0.6) is 0 Å². The van der Waals surface area contributed by atoms with Crippen molar-refractivity contribution in [3.63, 3.8) is 0 Å². The summed E-state index contributed by atoms with van der Waals surface area (Å²) in [6, 6.07) is -0.651. The number of allylic oxidation sites excluding steroid dienone is 1. The molecule has 0 saturated carbocycles. The number of carbonyl (C=O) groups excluding carboxylic acids is 3. The van der Waals surface area contributed by atoms with Gasteiger partial charge in [-0.2, -0.15) is 0 Å². The van der Waals surface area contributed by atoms with Gasteiger partial charge < -0.3 is 0 Å². The average Bonchev–Trinajstić information content (AvgIpc) is 2.74. The van der Waals surface area contributed by atoms with Crippen molar-refractivity contribution < 1.29 is 14.4 Å². The Labute approximate surface area is 125 Å². The van der Waals surface area contributed by atoms with E-state index >= 15 is 0 Å². The maximum Gasteiger partial charge on any atom is 0.259 e. The van der Waals surface area contributed by atoms with Crippen LogP contribution in [-0.2, 0) is 14.4 Å². The highest BCUT2D eigenvalue weighted by molar-refractivity contribution is 6.06. The molecule has 2 heterocycles. The lowest BCUT2D eigenvalue weighted by atomic mass is 10.0. The molecule has 114 valence electrons. The number of imide groups is 1. The van der Waals surface area contributed by atoms with Crippen molar-refractivity contribution in [2.75, 3.05) is 0 Å². The van der Waals surface area contributed by atoms with Gasteiger partial charge in [0.05, 0.1) is 0 Å². The molecule has 5 nitrogen and oxygen atoms in total. The van der Waals surface area contributed by atoms with Crippen LogP contribution in [0.3, 0.4) is 0 Å². The van der Waals surface area contributed by atoms with E-state index in [2.05, 4.69) is 32.3 Å². The number of hydrogen-bond acceptors (Lipinski definition) is 3. The Hall–Kier alpha value is -2.17. The zero-order valence-corrected chi connectivity index (χ0v) is 12.6. The first-order valence-corrected chi connectivity index (χ1v) is 7.16. The van der Waals surface area contributed by atoms with E-state index in [4.69, 9.17) is 0 Å². The van der Waals surface area contributed by atoms with E-state index in [1.54, 1.807) is 6.08 Å². The molecule has 2 aliphatic heterocycles. The zero-order valence-electron chi connectivity index (χ0n) is 12.6. The fraction of sp³-hybridized carbons (Fsp3) is 0.438. The first-order valence-electron chi connectivity index (χ1n) is 7.16. The van der Waals surface area contributed by atoms with Crippen molar-refractivity contribution in [2.24, 2.45) is 0 Å². The topological polar surface area (TPSA) is 66.5 Å². The van der Waals surface area contributed by atoms with Gasteiger partial charge in [0.1, 0.15) is 6.04 Å². The first-order chi connectivity index (χ1) is 9.96. The Balaban J connectivity index is 0.000000491. The van der Waals surface area contributed by atoms with Crippen LogP contribution in [0.25, 0.3) is 0 Å². The predicted molar refractivity (Wildman–Crippen MR) is 81.0 cm³/mol. The largest absolute Gasteiger partial charge is 0.296 e. The summed E-state index contributed by atoms with van der Waals surface area (Å²) in [5.74, 6) is -1.05. The van der Waals surface area contributed by atoms with E-state index in [-0.39, 0.29) is 18.2 Å². The molecule has 5 heteroatoms. The van der Waals surface area contributed by atoms with Gasteiger partial charge in [-0.05, 0) is 12.5 Å². The minimum absolute atomic E-state index is 0.233. The molecule has 0 aliphatic carbocycles. The minimum Gasteiger partial charge on any atom is -0.296 e. The van der Waals surface area contributed by atoms with Crippen molar-refractivity contribution in [1.29, 1.82) is 0 Å². The molecule has 0 radical (unpaired) electrons. The van der Waals surface area contributed by atoms with Gasteiger partial charge in [0.15, 0.2) is 0 Å². The van der Waals surface area contributed by atoms with Gasteiger partial charge in [0, 0.05) is 17.7 Å². The van der Waals surface area contributed by atoms with Gasteiger partial charge in [-0.15, -0.1) is 0 Å². The van der Waals surface area contributed by atoms with E-state index in [1.807, 2.05) is 0 Å². The summed E-state index contributed by atoms with van der Waals surface area (Å²) in [5.41, 5.74) is 0.874. The number of unbranched alkanes of at least 4 members (excludes halogenated alkanes) is 1. The molecular formula is C16H22N2O3. The van der Waals surface area contributed by atoms with Crippen LogP contribution >= 0.6 is 0 Å². The maximum atomic E-state index is 11.9. The van der Waals surface area contributed by atoms with E-state index < -0.39 is 11.9 Å². The quantitative estimate of drug-likeness (QED) is 0.809. The molecule has 0 bridgehead atoms. The summed E-state index contributed by atoms with van der Waals surface area (Å²) in [6.07, 6.45) is 6.21. The van der Waals surface area contributed by atoms with E-state index in [0.717, 1.165) is 0 Å². The third kappa shape index (κ3) is 3.90. The third-order valence-electron chi connectivity index (χ3n) is 3.34. The van der Waals surface area contributed by atoms with Gasteiger partial charge in [-0.1, -0.05) is 45.9 Å². The Bertz CT molecular complexity index is 504. The average molecular weight is 290 g/mol. The van der Waals surface area contributed by atoms with Crippen molar-refractivity contribution in [1.82, 2.24) is 10.2 Å². The van der Waals surface area contributed by atoms with E-state index in [0.29, 0.717) is 17.7 Å². The van der Waals surface area contributed by atoms with E-state index in [1.165, 1.54) is 23.8 Å². The summed E-state index contributed by atoms with van der Waals surface area (Å²) in [4.78, 5) is 35.9. The second-order valence-corrected chi connectivity index (χ2v) is 4.94. The van der Waals surface area contributed by atoms with Gasteiger partial charge in [-0.25, -0.2) is 0 Å². The number of carbonyl (C=O) groups is 3. The lowest BCUT2D eigenvalue weighted by Gasteiger charge is -2.30. The van der Waals surface area contributed by atoms with Crippen molar-refractivity contribution >= 4 is 17.7 Å². The summed E-state index contributed by atoms with van der Waals surface area (Å²) in [6.45, 7) is 11.6. The van der Waals surface area contributed by atoms with Crippen molar-refractivity contribution in [2.45, 2.75) is 45.6 Å². The molecule has 1 saturated heterocycles. The fourth-order valence-corrected chi connectivity index (χ4v) is 2.00. The number of rotatable bonds is 3. The summed E-state index contributed by atoms with van der Waals surface area (Å²) < 4.78 is 0. The predicted octanol–water partition coefficient (Wildman–Crippen LogP) is 2.07. The van der Waals surface area contributed by atoms with Crippen LogP contribution in [0.15, 0.2) is 36.6 Å². The summed E-state index contributed by atoms with van der Waals surface area (Å²) in [7, 11) is 0. The Kier molecular flexibility index (Phi) is 6.09. The molecule has 1 fully saturated rings. The van der Waals surface area contributed by atoms with Crippen LogP contribution in [0, 0.1) is 0 Å². The van der Waals surface area contributed by atoms with Crippen LogP contribution < -0.4 is 5.32 Å². The Morgan fingerprint density at radius 1 is 1.33 bits per heavy atom. The standard InChI is InChI=1S/C12H12N2O3.C4H10/c1-3-8-6-7(2)14(12(8)17)9-4-5-10(15)13-11(9)16;1-3-4-2/h3,6,9H,1-2,4-5H2,(H,13,15,16);3-4H2,1-2H3. The molecule has 2 aliphatic rings. The van der Waals surface area contributed by atoms with Crippen LogP contribution in [0.2, 0.25) is 0 Å². The third-order valence-corrected chi connectivity index (χ3v) is 3.34. The molecule has 0 aromatic rings. The van der Waals surface area contributed by atoms with Crippen LogP contribution in [0.1, 0.15) is 39.5 Å². The highest BCUT2D eigenvalue weighted by Crippen LogP contribution is 2.26. The summed E-state index contributed by atoms with van der Waals surface area (Å²) in [5, 5.41) is 2.22. The second-order valence-electron chi connectivity index (χ2n) is 4.94. The molecule has 0 aromatic heterocycles. The van der Waals surface area contributed by atoms with Crippen LogP contribution in [0.4, 0.5) is 0 Å². The molecular weight excluding hydrogens is 268 g/mol. The van der Waals surface area contributed by atoms with Gasteiger partial charge in [0.25, 0.3) is 5.91 Å². The normalized spacial score (nSPS) is 21.5. The molecule has 1 N–H and O–H groups in total. The number of piperidine rings is 1. The SMILES string of the molecule is C=CC1=CC(=C)N(C2CCC(=O)NC2=O)C1=O.CCCC. The minimum atomic E-state index is -0.651. The molecule has 1 unspecified atom stereocenters. The number of hydrogen-bond donors (Lipinski definition) is 1. The van der Waals surface area contributed by atoms with Gasteiger partial charge >= 0.3 is 0 Å². The van der Waals surface area contributed by atoms with Crippen LogP contribution in [-0.4, -0.2) is 28.7 Å². The Morgan fingerprint density at radius 2 is 1.95 bits per heavy atom. The van der Waals surface area contributed by atoms with E-state index in [9.17, 15) is 14.4 Å². The highest BCUT2D eigenvalue weighted by Gasteiger charge is 2.38. The number of nitrogens with zero attached hydrogens (tertiary/aromatic N) is 1. The molecule has 3 amide bonds.